The number of nitrogens with two attached hydrogens (primary N) is 1. The summed E-state index contributed by atoms with van der Waals surface area (Å²) in [7, 11) is 0. The van der Waals surface area contributed by atoms with Crippen LogP contribution in [0.1, 0.15) is 30.5 Å². The van der Waals surface area contributed by atoms with Crippen LogP contribution in [0.5, 0.6) is 5.75 Å². The second-order valence-electron chi connectivity index (χ2n) is 4.68. The molecule has 3 nitrogen and oxygen atoms in total. The minimum absolute atomic E-state index is 0.431. The second kappa shape index (κ2) is 7.46. The van der Waals surface area contributed by atoms with Gasteiger partial charge in [0, 0.05) is 12.1 Å². The van der Waals surface area contributed by atoms with E-state index in [-0.39, 0.29) is 0 Å². The lowest BCUT2D eigenvalue weighted by molar-refractivity contribution is 0.221. The fourth-order valence-corrected chi connectivity index (χ4v) is 2.25. The number of thiocarbonyl (C=S) groups is 1. The summed E-state index contributed by atoms with van der Waals surface area (Å²) in [5, 5.41) is 0. The second-order valence-corrected chi connectivity index (χ2v) is 5.12. The summed E-state index contributed by atoms with van der Waals surface area (Å²) in [5.74, 6) is 0.951. The van der Waals surface area contributed by atoms with Crippen LogP contribution in [0.25, 0.3) is 0 Å². The number of nitrogens with zero attached hydrogens (tertiary/aromatic N) is 1. The Morgan fingerprint density at radius 2 is 1.74 bits per heavy atom. The molecule has 0 saturated carbocycles. The Morgan fingerprint density at radius 1 is 1.21 bits per heavy atom. The molecule has 0 radical (unpaired) electrons. The summed E-state index contributed by atoms with van der Waals surface area (Å²) < 4.78 is 5.91. The molecule has 1 aromatic carbocycles. The standard InChI is InChI=1S/C15H24N2OS/c1-5-17(6-2)7-8-18-14-11(3)9-13(15(16)19)10-12(14)4/h9-10H,5-8H2,1-4H3,(H2,16,19). The Kier molecular flexibility index (Phi) is 6.25. The summed E-state index contributed by atoms with van der Waals surface area (Å²) >= 11 is 5.01. The predicted octanol–water partition coefficient (Wildman–Crippen LogP) is 2.66. The lowest BCUT2D eigenvalue weighted by atomic mass is 10.1. The van der Waals surface area contributed by atoms with Crippen molar-refractivity contribution < 1.29 is 4.74 Å². The third-order valence-electron chi connectivity index (χ3n) is 3.29. The highest BCUT2D eigenvalue weighted by Gasteiger charge is 2.08. The van der Waals surface area contributed by atoms with Gasteiger partial charge in [0.1, 0.15) is 17.3 Å². The Bertz CT molecular complexity index is 419. The molecular weight excluding hydrogens is 256 g/mol. The van der Waals surface area contributed by atoms with Gasteiger partial charge in [-0.1, -0.05) is 26.1 Å². The SMILES string of the molecule is CCN(CC)CCOc1c(C)cc(C(N)=S)cc1C. The Balaban J connectivity index is 2.71. The molecule has 0 atom stereocenters. The molecule has 0 unspecified atom stereocenters. The van der Waals surface area contributed by atoms with Gasteiger partial charge in [-0.15, -0.1) is 0 Å². The van der Waals surface area contributed by atoms with Crippen LogP contribution < -0.4 is 10.5 Å². The molecule has 0 bridgehead atoms. The van der Waals surface area contributed by atoms with E-state index < -0.39 is 0 Å². The quantitative estimate of drug-likeness (QED) is 0.779. The van der Waals surface area contributed by atoms with Crippen molar-refractivity contribution in [2.24, 2.45) is 5.73 Å². The first-order chi connectivity index (χ1) is 8.99. The summed E-state index contributed by atoms with van der Waals surface area (Å²) in [6.07, 6.45) is 0. The van der Waals surface area contributed by atoms with Crippen molar-refractivity contribution in [3.63, 3.8) is 0 Å². The molecule has 0 saturated heterocycles. The third-order valence-corrected chi connectivity index (χ3v) is 3.53. The van der Waals surface area contributed by atoms with Crippen LogP contribution in [0.4, 0.5) is 0 Å². The van der Waals surface area contributed by atoms with Gasteiger partial charge in [0.05, 0.1) is 0 Å². The maximum atomic E-state index is 5.91. The molecule has 1 aromatic rings. The summed E-state index contributed by atoms with van der Waals surface area (Å²) in [4.78, 5) is 2.77. The van der Waals surface area contributed by atoms with E-state index >= 15 is 0 Å². The number of hydrogen-bond acceptors (Lipinski definition) is 3. The molecule has 0 aromatic heterocycles. The minimum Gasteiger partial charge on any atom is -0.492 e. The van der Waals surface area contributed by atoms with Gasteiger partial charge in [-0.2, -0.15) is 0 Å². The number of likely N-dealkylation sites (N-methyl/N-ethyl adjacent to an activating group) is 1. The van der Waals surface area contributed by atoms with Crippen molar-refractivity contribution in [1.29, 1.82) is 0 Å². The number of hydrogen-bond donors (Lipinski definition) is 1. The summed E-state index contributed by atoms with van der Waals surface area (Å²) in [6.45, 7) is 12.1. The topological polar surface area (TPSA) is 38.5 Å². The van der Waals surface area contributed by atoms with Gasteiger partial charge in [-0.25, -0.2) is 0 Å². The largest absolute Gasteiger partial charge is 0.492 e. The molecule has 2 N–H and O–H groups in total. The average molecular weight is 280 g/mol. The lowest BCUT2D eigenvalue weighted by Crippen LogP contribution is -2.28. The molecule has 0 amide bonds. The van der Waals surface area contributed by atoms with Crippen LogP contribution >= 0.6 is 12.2 Å². The highest BCUT2D eigenvalue weighted by molar-refractivity contribution is 7.80. The summed E-state index contributed by atoms with van der Waals surface area (Å²) in [6, 6.07) is 3.98. The third kappa shape index (κ3) is 4.48. The molecule has 4 heteroatoms. The van der Waals surface area contributed by atoms with Gasteiger partial charge in [0.25, 0.3) is 0 Å². The normalized spacial score (nSPS) is 10.8. The van der Waals surface area contributed by atoms with Crippen LogP contribution in [0, 0.1) is 13.8 Å². The molecule has 0 fully saturated rings. The van der Waals surface area contributed by atoms with Crippen LogP contribution in [-0.4, -0.2) is 36.1 Å². The zero-order chi connectivity index (χ0) is 14.4. The lowest BCUT2D eigenvalue weighted by Gasteiger charge is -2.19. The smallest absolute Gasteiger partial charge is 0.125 e. The monoisotopic (exact) mass is 280 g/mol. The average Bonchev–Trinajstić information content (AvgIpc) is 2.37. The van der Waals surface area contributed by atoms with Gasteiger partial charge >= 0.3 is 0 Å². The van der Waals surface area contributed by atoms with Crippen molar-refractivity contribution in [1.82, 2.24) is 4.90 Å². The fraction of sp³-hybridized carbons (Fsp3) is 0.533. The molecule has 0 heterocycles. The van der Waals surface area contributed by atoms with Gasteiger partial charge in [0.15, 0.2) is 0 Å². The molecular formula is C15H24N2OS. The zero-order valence-corrected chi connectivity index (χ0v) is 13.1. The first-order valence-electron chi connectivity index (χ1n) is 6.75. The molecule has 0 aliphatic heterocycles. The van der Waals surface area contributed by atoms with Gasteiger partial charge in [0.2, 0.25) is 0 Å². The Hall–Kier alpha value is -1.13. The van der Waals surface area contributed by atoms with Crippen LogP contribution in [0.2, 0.25) is 0 Å². The van der Waals surface area contributed by atoms with Crippen LogP contribution in [0.15, 0.2) is 12.1 Å². The van der Waals surface area contributed by atoms with Gasteiger partial charge < -0.3 is 15.4 Å². The van der Waals surface area contributed by atoms with Crippen molar-refractivity contribution >= 4 is 17.2 Å². The van der Waals surface area contributed by atoms with E-state index in [1.165, 1.54) is 0 Å². The number of rotatable bonds is 7. The molecule has 0 aliphatic rings. The van der Waals surface area contributed by atoms with Crippen molar-refractivity contribution in [3.05, 3.63) is 28.8 Å². The van der Waals surface area contributed by atoms with E-state index in [0.29, 0.717) is 11.6 Å². The predicted molar refractivity (Wildman–Crippen MR) is 85.1 cm³/mol. The highest BCUT2D eigenvalue weighted by Crippen LogP contribution is 2.24. The van der Waals surface area contributed by atoms with Gasteiger partial charge in [-0.3, -0.25) is 0 Å². The Labute approximate surface area is 121 Å². The minimum atomic E-state index is 0.431. The van der Waals surface area contributed by atoms with E-state index in [0.717, 1.165) is 42.1 Å². The van der Waals surface area contributed by atoms with E-state index in [9.17, 15) is 0 Å². The van der Waals surface area contributed by atoms with Crippen LogP contribution in [-0.2, 0) is 0 Å². The van der Waals surface area contributed by atoms with Crippen molar-refractivity contribution in [2.75, 3.05) is 26.2 Å². The first-order valence-corrected chi connectivity index (χ1v) is 7.16. The van der Waals surface area contributed by atoms with E-state index in [1.807, 2.05) is 26.0 Å². The summed E-state index contributed by atoms with van der Waals surface area (Å²) in [5.41, 5.74) is 8.74. The number of ether oxygens (including phenoxy) is 1. The highest BCUT2D eigenvalue weighted by atomic mass is 32.1. The molecule has 19 heavy (non-hydrogen) atoms. The molecule has 0 spiro atoms. The molecule has 106 valence electrons. The van der Waals surface area contributed by atoms with E-state index in [1.54, 1.807) is 0 Å². The van der Waals surface area contributed by atoms with E-state index in [4.69, 9.17) is 22.7 Å². The Morgan fingerprint density at radius 3 is 2.16 bits per heavy atom. The van der Waals surface area contributed by atoms with Crippen LogP contribution in [0.3, 0.4) is 0 Å². The maximum absolute atomic E-state index is 5.91. The van der Waals surface area contributed by atoms with Crippen molar-refractivity contribution in [3.8, 4) is 5.75 Å². The van der Waals surface area contributed by atoms with E-state index in [2.05, 4.69) is 18.7 Å². The molecule has 1 rings (SSSR count). The van der Waals surface area contributed by atoms with Crippen molar-refractivity contribution in [2.45, 2.75) is 27.7 Å². The number of aryl methyl sites for hydroxylation is 2. The first kappa shape index (κ1) is 15.9. The molecule has 0 aliphatic carbocycles. The van der Waals surface area contributed by atoms with Gasteiger partial charge in [-0.05, 0) is 50.2 Å². The fourth-order valence-electron chi connectivity index (χ4n) is 2.14. The zero-order valence-electron chi connectivity index (χ0n) is 12.3. The number of benzene rings is 1. The maximum Gasteiger partial charge on any atom is 0.125 e.